The minimum Gasteiger partial charge on any atom is -0.479 e. The number of carbonyl (C=O) groups excluding carboxylic acids is 1. The molecule has 1 saturated heterocycles. The number of nitrogens with zero attached hydrogens (tertiary/aromatic N) is 1. The number of rotatable bonds is 4. The van der Waals surface area contributed by atoms with E-state index < -0.39 is 12.1 Å². The molecule has 114 valence electrons. The van der Waals surface area contributed by atoms with Crippen LogP contribution in [0.3, 0.4) is 0 Å². The first-order valence-corrected chi connectivity index (χ1v) is 7.51. The number of morpholine rings is 1. The van der Waals surface area contributed by atoms with Gasteiger partial charge in [-0.1, -0.05) is 25.7 Å². The van der Waals surface area contributed by atoms with Gasteiger partial charge in [-0.3, -0.25) is 9.69 Å². The number of hydrogen-bond donors (Lipinski definition) is 2. The zero-order valence-electron chi connectivity index (χ0n) is 11.8. The van der Waals surface area contributed by atoms with Crippen molar-refractivity contribution in [2.45, 2.75) is 50.7 Å². The molecule has 2 rings (SSSR count). The summed E-state index contributed by atoms with van der Waals surface area (Å²) >= 11 is 0. The Morgan fingerprint density at radius 3 is 2.55 bits per heavy atom. The van der Waals surface area contributed by atoms with Gasteiger partial charge < -0.3 is 15.2 Å². The van der Waals surface area contributed by atoms with Gasteiger partial charge in [0.2, 0.25) is 5.91 Å². The molecule has 2 N–H and O–H groups in total. The minimum absolute atomic E-state index is 0.00272. The third-order valence-corrected chi connectivity index (χ3v) is 4.01. The summed E-state index contributed by atoms with van der Waals surface area (Å²) in [5, 5.41) is 12.0. The van der Waals surface area contributed by atoms with Gasteiger partial charge in [0.05, 0.1) is 13.2 Å². The molecule has 20 heavy (non-hydrogen) atoms. The molecule has 0 aromatic carbocycles. The molecule has 0 bridgehead atoms. The Balaban J connectivity index is 1.74. The summed E-state index contributed by atoms with van der Waals surface area (Å²) < 4.78 is 5.14. The standard InChI is InChI=1S/C14H24N2O4/c17-13(15-11-5-3-1-2-4-6-11)10-16-7-8-20-12(9-16)14(18)19/h11-12H,1-10H2,(H,15,17)(H,18,19). The van der Waals surface area contributed by atoms with Crippen LogP contribution in [0.2, 0.25) is 0 Å². The van der Waals surface area contributed by atoms with E-state index >= 15 is 0 Å². The predicted octanol–water partition coefficient (Wildman–Crippen LogP) is 0.611. The predicted molar refractivity (Wildman–Crippen MR) is 73.4 cm³/mol. The molecule has 2 aliphatic rings. The first kappa shape index (κ1) is 15.3. The highest BCUT2D eigenvalue weighted by Crippen LogP contribution is 2.17. The first-order valence-electron chi connectivity index (χ1n) is 7.51. The molecule has 1 aliphatic heterocycles. The molecule has 2 fully saturated rings. The lowest BCUT2D eigenvalue weighted by Gasteiger charge is -2.30. The number of aliphatic carboxylic acids is 1. The Morgan fingerprint density at radius 1 is 1.20 bits per heavy atom. The second-order valence-corrected chi connectivity index (χ2v) is 5.69. The molecule has 1 saturated carbocycles. The maximum atomic E-state index is 12.0. The van der Waals surface area contributed by atoms with Gasteiger partial charge in [-0.15, -0.1) is 0 Å². The Labute approximate surface area is 119 Å². The van der Waals surface area contributed by atoms with E-state index in [2.05, 4.69) is 5.32 Å². The highest BCUT2D eigenvalue weighted by molar-refractivity contribution is 5.78. The van der Waals surface area contributed by atoms with E-state index in [9.17, 15) is 9.59 Å². The van der Waals surface area contributed by atoms with Crippen LogP contribution in [-0.2, 0) is 14.3 Å². The number of carboxylic acid groups (broad SMARTS) is 1. The maximum Gasteiger partial charge on any atom is 0.334 e. The van der Waals surface area contributed by atoms with Crippen LogP contribution in [0.5, 0.6) is 0 Å². The van der Waals surface area contributed by atoms with Crippen molar-refractivity contribution in [3.8, 4) is 0 Å². The smallest absolute Gasteiger partial charge is 0.334 e. The van der Waals surface area contributed by atoms with Crippen LogP contribution in [0.25, 0.3) is 0 Å². The molecule has 0 aromatic rings. The lowest BCUT2D eigenvalue weighted by Crippen LogP contribution is -2.50. The molecule has 0 aromatic heterocycles. The molecule has 0 spiro atoms. The number of carbonyl (C=O) groups is 2. The molecule has 0 radical (unpaired) electrons. The normalized spacial score (nSPS) is 25.9. The van der Waals surface area contributed by atoms with Crippen molar-refractivity contribution in [1.29, 1.82) is 0 Å². The lowest BCUT2D eigenvalue weighted by atomic mass is 10.1. The summed E-state index contributed by atoms with van der Waals surface area (Å²) in [7, 11) is 0. The van der Waals surface area contributed by atoms with E-state index in [1.807, 2.05) is 4.90 Å². The Bertz CT molecular complexity index is 340. The second kappa shape index (κ2) is 7.59. The number of carboxylic acids is 1. The van der Waals surface area contributed by atoms with Crippen LogP contribution >= 0.6 is 0 Å². The Morgan fingerprint density at radius 2 is 1.90 bits per heavy atom. The summed E-state index contributed by atoms with van der Waals surface area (Å²) in [6.07, 6.45) is 6.20. The van der Waals surface area contributed by atoms with E-state index in [0.717, 1.165) is 12.8 Å². The summed E-state index contributed by atoms with van der Waals surface area (Å²) in [6.45, 7) is 1.53. The quantitative estimate of drug-likeness (QED) is 0.740. The summed E-state index contributed by atoms with van der Waals surface area (Å²) in [6, 6.07) is 0.293. The van der Waals surface area contributed by atoms with Crippen molar-refractivity contribution in [1.82, 2.24) is 10.2 Å². The van der Waals surface area contributed by atoms with E-state index in [1.165, 1.54) is 25.7 Å². The van der Waals surface area contributed by atoms with Crippen LogP contribution < -0.4 is 5.32 Å². The van der Waals surface area contributed by atoms with Gasteiger partial charge in [0.15, 0.2) is 6.10 Å². The zero-order valence-corrected chi connectivity index (χ0v) is 11.8. The van der Waals surface area contributed by atoms with Gasteiger partial charge in [0.25, 0.3) is 0 Å². The molecule has 1 unspecified atom stereocenters. The minimum atomic E-state index is -0.959. The molecule has 6 nitrogen and oxygen atoms in total. The number of amides is 1. The summed E-state index contributed by atoms with van der Waals surface area (Å²) in [5.41, 5.74) is 0. The molecule has 1 amide bonds. The van der Waals surface area contributed by atoms with Crippen molar-refractivity contribution in [2.24, 2.45) is 0 Å². The van der Waals surface area contributed by atoms with Crippen molar-refractivity contribution in [3.05, 3.63) is 0 Å². The third-order valence-electron chi connectivity index (χ3n) is 4.01. The highest BCUT2D eigenvalue weighted by atomic mass is 16.5. The average molecular weight is 284 g/mol. The average Bonchev–Trinajstić information content (AvgIpc) is 2.67. The molecule has 6 heteroatoms. The fraction of sp³-hybridized carbons (Fsp3) is 0.857. The Hall–Kier alpha value is -1.14. The van der Waals surface area contributed by atoms with Crippen molar-refractivity contribution < 1.29 is 19.4 Å². The summed E-state index contributed by atoms with van der Waals surface area (Å²) in [4.78, 5) is 24.8. The van der Waals surface area contributed by atoms with E-state index in [-0.39, 0.29) is 19.0 Å². The van der Waals surface area contributed by atoms with Crippen LogP contribution in [0.15, 0.2) is 0 Å². The van der Waals surface area contributed by atoms with Gasteiger partial charge in [-0.05, 0) is 12.8 Å². The van der Waals surface area contributed by atoms with Gasteiger partial charge >= 0.3 is 5.97 Å². The van der Waals surface area contributed by atoms with Crippen LogP contribution in [0, 0.1) is 0 Å². The first-order chi connectivity index (χ1) is 9.65. The Kier molecular flexibility index (Phi) is 5.79. The van der Waals surface area contributed by atoms with Gasteiger partial charge in [-0.2, -0.15) is 0 Å². The molecule has 1 heterocycles. The van der Waals surface area contributed by atoms with Crippen LogP contribution in [-0.4, -0.2) is 60.3 Å². The van der Waals surface area contributed by atoms with Crippen molar-refractivity contribution in [2.75, 3.05) is 26.2 Å². The second-order valence-electron chi connectivity index (χ2n) is 5.69. The third kappa shape index (κ3) is 4.76. The number of hydrogen-bond acceptors (Lipinski definition) is 4. The molecule has 1 aliphatic carbocycles. The SMILES string of the molecule is O=C(CN1CCOC(C(=O)O)C1)NC1CCCCCC1. The fourth-order valence-corrected chi connectivity index (χ4v) is 2.90. The van der Waals surface area contributed by atoms with Gasteiger partial charge in [0.1, 0.15) is 0 Å². The van der Waals surface area contributed by atoms with Gasteiger partial charge in [-0.25, -0.2) is 4.79 Å². The molecular formula is C14H24N2O4. The lowest BCUT2D eigenvalue weighted by molar-refractivity contribution is -0.156. The fourth-order valence-electron chi connectivity index (χ4n) is 2.90. The number of ether oxygens (including phenoxy) is 1. The molecule has 1 atom stereocenters. The maximum absolute atomic E-state index is 12.0. The molecular weight excluding hydrogens is 260 g/mol. The van der Waals surface area contributed by atoms with Gasteiger partial charge in [0, 0.05) is 19.1 Å². The van der Waals surface area contributed by atoms with E-state index in [0.29, 0.717) is 19.2 Å². The highest BCUT2D eigenvalue weighted by Gasteiger charge is 2.27. The van der Waals surface area contributed by atoms with Crippen LogP contribution in [0.4, 0.5) is 0 Å². The van der Waals surface area contributed by atoms with Crippen LogP contribution in [0.1, 0.15) is 38.5 Å². The van der Waals surface area contributed by atoms with E-state index in [4.69, 9.17) is 9.84 Å². The summed E-state index contributed by atoms with van der Waals surface area (Å²) in [5.74, 6) is -0.957. The zero-order chi connectivity index (χ0) is 14.4. The monoisotopic (exact) mass is 284 g/mol. The van der Waals surface area contributed by atoms with E-state index in [1.54, 1.807) is 0 Å². The largest absolute Gasteiger partial charge is 0.479 e. The topological polar surface area (TPSA) is 78.9 Å². The number of nitrogens with one attached hydrogen (secondary N) is 1. The van der Waals surface area contributed by atoms with Crippen molar-refractivity contribution in [3.63, 3.8) is 0 Å². The van der Waals surface area contributed by atoms with Crippen molar-refractivity contribution >= 4 is 11.9 Å².